The number of hydrogen-bond donors (Lipinski definition) is 2. The Morgan fingerprint density at radius 2 is 1.45 bits per heavy atom. The molecule has 0 aliphatic carbocycles. The summed E-state index contributed by atoms with van der Waals surface area (Å²) in [5.74, 6) is 0. The van der Waals surface area contributed by atoms with Crippen molar-refractivity contribution >= 4 is 33.4 Å². The highest BCUT2D eigenvalue weighted by Gasteiger charge is 2.48. The van der Waals surface area contributed by atoms with Gasteiger partial charge in [-0.1, -0.05) is 47.5 Å². The lowest BCUT2D eigenvalue weighted by atomic mass is 9.82. The van der Waals surface area contributed by atoms with E-state index in [1.54, 1.807) is 24.3 Å². The van der Waals surface area contributed by atoms with Gasteiger partial charge in [-0.25, -0.2) is 0 Å². The van der Waals surface area contributed by atoms with Crippen LogP contribution in [-0.4, -0.2) is 8.42 Å². The van der Waals surface area contributed by atoms with E-state index in [1.807, 2.05) is 31.2 Å². The lowest BCUT2D eigenvalue weighted by molar-refractivity contribution is 0.379. The number of hydrogen-bond acceptors (Lipinski definition) is 2. The molecule has 2 atom stereocenters. The van der Waals surface area contributed by atoms with Crippen molar-refractivity contribution in [1.29, 1.82) is 0 Å². The van der Waals surface area contributed by atoms with Gasteiger partial charge in [0.25, 0.3) is 10.2 Å². The molecule has 0 spiro atoms. The van der Waals surface area contributed by atoms with Gasteiger partial charge in [-0.05, 0) is 42.3 Å². The second kappa shape index (κ2) is 5.51. The van der Waals surface area contributed by atoms with E-state index >= 15 is 0 Å². The molecule has 116 valence electrons. The van der Waals surface area contributed by atoms with Crippen LogP contribution in [0.1, 0.15) is 24.1 Å². The van der Waals surface area contributed by atoms with E-state index in [4.69, 9.17) is 23.2 Å². The predicted molar refractivity (Wildman–Crippen MR) is 88.2 cm³/mol. The van der Waals surface area contributed by atoms with Crippen LogP contribution in [0, 0.1) is 0 Å². The Labute approximate surface area is 139 Å². The summed E-state index contributed by atoms with van der Waals surface area (Å²) < 4.78 is 29.5. The standard InChI is InChI=1S/C15H14Cl2N2O2S/c1-15(11-4-8-13(17)9-5-11)14(18-22(20,21)19-15)10-2-6-12(16)7-3-10/h2-9,14,18-19H,1H3. The third-order valence-corrected chi connectivity index (χ3v) is 5.59. The van der Waals surface area contributed by atoms with Crippen molar-refractivity contribution in [3.05, 3.63) is 69.7 Å². The Hall–Kier alpha value is -1.11. The third kappa shape index (κ3) is 2.87. The van der Waals surface area contributed by atoms with Crippen molar-refractivity contribution in [2.24, 2.45) is 0 Å². The van der Waals surface area contributed by atoms with E-state index in [9.17, 15) is 8.42 Å². The van der Waals surface area contributed by atoms with Gasteiger partial charge in [0.05, 0.1) is 11.6 Å². The Bertz CT molecular complexity index is 791. The van der Waals surface area contributed by atoms with Gasteiger partial charge >= 0.3 is 0 Å². The van der Waals surface area contributed by atoms with Crippen LogP contribution in [0.2, 0.25) is 10.0 Å². The van der Waals surface area contributed by atoms with Crippen LogP contribution in [0.4, 0.5) is 0 Å². The molecule has 1 fully saturated rings. The maximum atomic E-state index is 12.1. The maximum Gasteiger partial charge on any atom is 0.278 e. The first-order valence-corrected chi connectivity index (χ1v) is 8.87. The molecule has 1 aliphatic heterocycles. The van der Waals surface area contributed by atoms with Gasteiger partial charge in [0.15, 0.2) is 0 Å². The van der Waals surface area contributed by atoms with E-state index in [0.717, 1.165) is 11.1 Å². The third-order valence-electron chi connectivity index (χ3n) is 3.84. The van der Waals surface area contributed by atoms with Gasteiger partial charge in [-0.3, -0.25) is 0 Å². The first-order valence-electron chi connectivity index (χ1n) is 6.63. The summed E-state index contributed by atoms with van der Waals surface area (Å²) in [4.78, 5) is 0. The van der Waals surface area contributed by atoms with Gasteiger partial charge in [0.2, 0.25) is 0 Å². The molecule has 0 bridgehead atoms. The summed E-state index contributed by atoms with van der Waals surface area (Å²) in [5, 5.41) is 1.20. The van der Waals surface area contributed by atoms with Crippen LogP contribution in [0.3, 0.4) is 0 Å². The zero-order chi connectivity index (χ0) is 16.0. The van der Waals surface area contributed by atoms with Crippen molar-refractivity contribution in [3.8, 4) is 0 Å². The smallest absolute Gasteiger partial charge is 0.195 e. The quantitative estimate of drug-likeness (QED) is 0.866. The molecule has 4 nitrogen and oxygen atoms in total. The summed E-state index contributed by atoms with van der Waals surface area (Å²) >= 11 is 11.8. The molecule has 2 aromatic rings. The van der Waals surface area contributed by atoms with Crippen LogP contribution < -0.4 is 9.44 Å². The fourth-order valence-corrected chi connectivity index (χ4v) is 4.51. The largest absolute Gasteiger partial charge is 0.278 e. The van der Waals surface area contributed by atoms with Crippen LogP contribution in [0.15, 0.2) is 48.5 Å². The number of nitrogens with one attached hydrogen (secondary N) is 2. The van der Waals surface area contributed by atoms with Crippen molar-refractivity contribution in [2.75, 3.05) is 0 Å². The molecule has 1 heterocycles. The molecule has 1 aliphatic rings. The van der Waals surface area contributed by atoms with Crippen molar-refractivity contribution in [1.82, 2.24) is 9.44 Å². The van der Waals surface area contributed by atoms with E-state index in [-0.39, 0.29) is 0 Å². The lowest BCUT2D eigenvalue weighted by Gasteiger charge is -2.30. The van der Waals surface area contributed by atoms with Gasteiger partial charge in [-0.15, -0.1) is 0 Å². The molecule has 1 saturated heterocycles. The molecule has 2 N–H and O–H groups in total. The fourth-order valence-electron chi connectivity index (χ4n) is 2.72. The number of halogens is 2. The normalized spacial score (nSPS) is 27.0. The Balaban J connectivity index is 2.10. The summed E-state index contributed by atoms with van der Waals surface area (Å²) in [6.45, 7) is 1.84. The van der Waals surface area contributed by atoms with E-state index in [1.165, 1.54) is 0 Å². The summed E-state index contributed by atoms with van der Waals surface area (Å²) in [7, 11) is -3.59. The second-order valence-corrected chi connectivity index (χ2v) is 7.74. The minimum atomic E-state index is -3.59. The first-order chi connectivity index (χ1) is 10.3. The molecule has 2 unspecified atom stereocenters. The molecule has 0 aromatic heterocycles. The van der Waals surface area contributed by atoms with Crippen LogP contribution >= 0.6 is 23.2 Å². The Morgan fingerprint density at radius 1 is 0.955 bits per heavy atom. The second-order valence-electron chi connectivity index (χ2n) is 5.42. The average Bonchev–Trinajstić information content (AvgIpc) is 2.71. The van der Waals surface area contributed by atoms with Gasteiger partial charge in [-0.2, -0.15) is 17.9 Å². The predicted octanol–water partition coefficient (Wildman–Crippen LogP) is 3.39. The van der Waals surface area contributed by atoms with Crippen LogP contribution in [-0.2, 0) is 15.7 Å². The molecular weight excluding hydrogens is 343 g/mol. The maximum absolute atomic E-state index is 12.1. The Morgan fingerprint density at radius 3 is 2.00 bits per heavy atom. The van der Waals surface area contributed by atoms with Crippen molar-refractivity contribution in [3.63, 3.8) is 0 Å². The molecule has 0 amide bonds. The lowest BCUT2D eigenvalue weighted by Crippen LogP contribution is -2.39. The van der Waals surface area contributed by atoms with Gasteiger partial charge in [0, 0.05) is 10.0 Å². The first kappa shape index (κ1) is 15.8. The molecule has 0 radical (unpaired) electrons. The Kier molecular flexibility index (Phi) is 3.95. The number of rotatable bonds is 2. The van der Waals surface area contributed by atoms with Gasteiger partial charge in [0.1, 0.15) is 0 Å². The molecular formula is C15H14Cl2N2O2S. The van der Waals surface area contributed by atoms with E-state index in [2.05, 4.69) is 9.44 Å². The van der Waals surface area contributed by atoms with Crippen molar-refractivity contribution in [2.45, 2.75) is 18.5 Å². The van der Waals surface area contributed by atoms with E-state index < -0.39 is 21.8 Å². The molecule has 2 aromatic carbocycles. The zero-order valence-electron chi connectivity index (χ0n) is 11.7. The van der Waals surface area contributed by atoms with Crippen LogP contribution in [0.25, 0.3) is 0 Å². The monoisotopic (exact) mass is 356 g/mol. The van der Waals surface area contributed by atoms with E-state index in [0.29, 0.717) is 10.0 Å². The minimum Gasteiger partial charge on any atom is -0.195 e. The highest BCUT2D eigenvalue weighted by atomic mass is 35.5. The molecule has 3 rings (SSSR count). The SMILES string of the molecule is CC1(c2ccc(Cl)cc2)NS(=O)(=O)NC1c1ccc(Cl)cc1. The summed E-state index contributed by atoms with van der Waals surface area (Å²) in [6, 6.07) is 13.8. The van der Waals surface area contributed by atoms with Gasteiger partial charge < -0.3 is 0 Å². The molecule has 7 heteroatoms. The van der Waals surface area contributed by atoms with Crippen LogP contribution in [0.5, 0.6) is 0 Å². The minimum absolute atomic E-state index is 0.448. The number of benzene rings is 2. The topological polar surface area (TPSA) is 58.2 Å². The highest BCUT2D eigenvalue weighted by Crippen LogP contribution is 2.40. The highest BCUT2D eigenvalue weighted by molar-refractivity contribution is 7.87. The average molecular weight is 357 g/mol. The zero-order valence-corrected chi connectivity index (χ0v) is 14.0. The molecule has 22 heavy (non-hydrogen) atoms. The van der Waals surface area contributed by atoms with Crippen molar-refractivity contribution < 1.29 is 8.42 Å². The summed E-state index contributed by atoms with van der Waals surface area (Å²) in [6.07, 6.45) is 0. The molecule has 0 saturated carbocycles. The fraction of sp³-hybridized carbons (Fsp3) is 0.200. The summed E-state index contributed by atoms with van der Waals surface area (Å²) in [5.41, 5.74) is 0.831.